The number of halogens is 3. The lowest BCUT2D eigenvalue weighted by molar-refractivity contribution is -0.143. The average Bonchev–Trinajstić information content (AvgIpc) is 2.33. The summed E-state index contributed by atoms with van der Waals surface area (Å²) >= 11 is 2.72. The Morgan fingerprint density at radius 2 is 2.10 bits per heavy atom. The second-order valence-corrected chi connectivity index (χ2v) is 6.08. The molecule has 0 bridgehead atoms. The molecule has 0 aliphatic carbocycles. The number of methoxy groups -OCH3 is 1. The molecule has 6 nitrogen and oxygen atoms in total. The minimum absolute atomic E-state index is 0.357. The van der Waals surface area contributed by atoms with Crippen molar-refractivity contribution in [1.29, 1.82) is 0 Å². The Balaban J connectivity index is 3.21. The van der Waals surface area contributed by atoms with Crippen molar-refractivity contribution in [2.24, 2.45) is 0 Å². The third kappa shape index (κ3) is 3.72. The first-order valence-corrected chi connectivity index (χ1v) is 7.36. The molecular weight excluding hydrogens is 364 g/mol. The predicted octanol–water partition coefficient (Wildman–Crippen LogP) is 0.539. The quantitative estimate of drug-likeness (QED) is 0.734. The zero-order chi connectivity index (χ0) is 15.5. The maximum Gasteiger partial charge on any atom is 0.326 e. The number of aliphatic hydroxyl groups is 1. The molecule has 0 radical (unpaired) electrons. The third-order valence-electron chi connectivity index (χ3n) is 2.20. The summed E-state index contributed by atoms with van der Waals surface area (Å²) in [6.45, 7) is -0.883. The van der Waals surface area contributed by atoms with Crippen molar-refractivity contribution >= 4 is 31.9 Å². The number of carbonyl (C=O) groups excluding carboxylic acids is 1. The van der Waals surface area contributed by atoms with Crippen LogP contribution in [0, 0.1) is 11.6 Å². The summed E-state index contributed by atoms with van der Waals surface area (Å²) in [5.74, 6) is -3.36. The first-order chi connectivity index (χ1) is 9.22. The van der Waals surface area contributed by atoms with Gasteiger partial charge in [0.1, 0.15) is 22.6 Å². The van der Waals surface area contributed by atoms with Gasteiger partial charge >= 0.3 is 5.97 Å². The van der Waals surface area contributed by atoms with Crippen LogP contribution in [0.25, 0.3) is 0 Å². The molecule has 0 heterocycles. The Morgan fingerprint density at radius 1 is 1.50 bits per heavy atom. The lowest BCUT2D eigenvalue weighted by Crippen LogP contribution is -2.44. The minimum Gasteiger partial charge on any atom is -0.468 e. The summed E-state index contributed by atoms with van der Waals surface area (Å²) in [6.07, 6.45) is 0. The summed E-state index contributed by atoms with van der Waals surface area (Å²) in [4.78, 5) is 10.3. The average molecular weight is 374 g/mol. The molecule has 0 fully saturated rings. The summed E-state index contributed by atoms with van der Waals surface area (Å²) < 4.78 is 56.1. The van der Waals surface area contributed by atoms with Crippen LogP contribution in [0.4, 0.5) is 8.78 Å². The van der Waals surface area contributed by atoms with Gasteiger partial charge in [-0.2, -0.15) is 4.72 Å². The molecule has 0 aromatic heterocycles. The number of carbonyl (C=O) groups is 1. The smallest absolute Gasteiger partial charge is 0.326 e. The molecule has 0 saturated carbocycles. The van der Waals surface area contributed by atoms with Gasteiger partial charge < -0.3 is 9.84 Å². The van der Waals surface area contributed by atoms with Gasteiger partial charge in [-0.25, -0.2) is 17.2 Å². The molecular formula is C10H10BrF2NO5S. The summed E-state index contributed by atoms with van der Waals surface area (Å²) in [7, 11) is -3.51. The van der Waals surface area contributed by atoms with Gasteiger partial charge in [-0.3, -0.25) is 4.79 Å². The van der Waals surface area contributed by atoms with E-state index in [-0.39, 0.29) is 4.47 Å². The molecule has 0 amide bonds. The van der Waals surface area contributed by atoms with Crippen molar-refractivity contribution in [2.75, 3.05) is 13.7 Å². The van der Waals surface area contributed by atoms with Crippen molar-refractivity contribution in [3.63, 3.8) is 0 Å². The van der Waals surface area contributed by atoms with E-state index in [0.29, 0.717) is 6.07 Å². The molecule has 0 spiro atoms. The summed E-state index contributed by atoms with van der Waals surface area (Å²) in [5, 5.41) is 8.93. The van der Waals surface area contributed by atoms with Gasteiger partial charge in [-0.15, -0.1) is 0 Å². The number of rotatable bonds is 5. The lowest BCUT2D eigenvalue weighted by Gasteiger charge is -2.15. The topological polar surface area (TPSA) is 92.7 Å². The highest BCUT2D eigenvalue weighted by molar-refractivity contribution is 9.10. The highest BCUT2D eigenvalue weighted by Gasteiger charge is 2.30. The molecule has 2 N–H and O–H groups in total. The van der Waals surface area contributed by atoms with E-state index in [1.807, 2.05) is 0 Å². The van der Waals surface area contributed by atoms with Gasteiger partial charge in [-0.1, -0.05) is 0 Å². The fraction of sp³-hybridized carbons (Fsp3) is 0.300. The highest BCUT2D eigenvalue weighted by atomic mass is 79.9. The Hall–Kier alpha value is -1.10. The van der Waals surface area contributed by atoms with E-state index < -0.39 is 45.2 Å². The van der Waals surface area contributed by atoms with E-state index in [1.54, 1.807) is 4.72 Å². The Morgan fingerprint density at radius 3 is 2.55 bits per heavy atom. The molecule has 10 heteroatoms. The highest BCUT2D eigenvalue weighted by Crippen LogP contribution is 2.26. The van der Waals surface area contributed by atoms with Crippen molar-refractivity contribution in [1.82, 2.24) is 4.72 Å². The first-order valence-electron chi connectivity index (χ1n) is 5.08. The molecule has 20 heavy (non-hydrogen) atoms. The van der Waals surface area contributed by atoms with Gasteiger partial charge in [0.05, 0.1) is 13.7 Å². The number of sulfonamides is 1. The van der Waals surface area contributed by atoms with Crippen molar-refractivity contribution in [3.05, 3.63) is 28.2 Å². The van der Waals surface area contributed by atoms with E-state index in [9.17, 15) is 22.0 Å². The molecule has 1 atom stereocenters. The van der Waals surface area contributed by atoms with Crippen LogP contribution in [0.2, 0.25) is 0 Å². The molecule has 1 aromatic carbocycles. The number of nitrogens with one attached hydrogen (secondary N) is 1. The van der Waals surface area contributed by atoms with Crippen LogP contribution in [-0.2, 0) is 19.6 Å². The second kappa shape index (κ2) is 6.57. The largest absolute Gasteiger partial charge is 0.468 e. The van der Waals surface area contributed by atoms with Gasteiger partial charge in [0.15, 0.2) is 0 Å². The van der Waals surface area contributed by atoms with Gasteiger partial charge in [0, 0.05) is 10.5 Å². The zero-order valence-electron chi connectivity index (χ0n) is 10.1. The van der Waals surface area contributed by atoms with E-state index in [4.69, 9.17) is 5.11 Å². The van der Waals surface area contributed by atoms with Crippen LogP contribution in [0.15, 0.2) is 21.5 Å². The molecule has 1 rings (SSSR count). The van der Waals surface area contributed by atoms with Crippen LogP contribution in [0.3, 0.4) is 0 Å². The SMILES string of the molecule is COC(=O)C(CO)NS(=O)(=O)c1c(F)cc(F)cc1Br. The van der Waals surface area contributed by atoms with Crippen molar-refractivity contribution in [3.8, 4) is 0 Å². The molecule has 0 aliphatic rings. The molecule has 112 valence electrons. The van der Waals surface area contributed by atoms with Crippen molar-refractivity contribution < 1.29 is 31.8 Å². The van der Waals surface area contributed by atoms with Crippen LogP contribution >= 0.6 is 15.9 Å². The third-order valence-corrected chi connectivity index (χ3v) is 4.63. The number of benzene rings is 1. The van der Waals surface area contributed by atoms with Gasteiger partial charge in [0.2, 0.25) is 10.0 Å². The van der Waals surface area contributed by atoms with E-state index in [1.165, 1.54) is 0 Å². The predicted molar refractivity (Wildman–Crippen MR) is 67.3 cm³/mol. The molecule has 0 saturated heterocycles. The zero-order valence-corrected chi connectivity index (χ0v) is 12.5. The normalized spacial score (nSPS) is 13.1. The minimum atomic E-state index is -4.50. The maximum atomic E-state index is 13.6. The monoisotopic (exact) mass is 373 g/mol. The van der Waals surface area contributed by atoms with Gasteiger partial charge in [-0.05, 0) is 22.0 Å². The Kier molecular flexibility index (Phi) is 5.57. The Labute approximate surface area is 121 Å². The van der Waals surface area contributed by atoms with Crippen LogP contribution < -0.4 is 4.72 Å². The summed E-state index contributed by atoms with van der Waals surface area (Å²) in [6, 6.07) is -0.462. The molecule has 1 unspecified atom stereocenters. The van der Waals surface area contributed by atoms with Crippen molar-refractivity contribution in [2.45, 2.75) is 10.9 Å². The first kappa shape index (κ1) is 17.0. The fourth-order valence-corrected chi connectivity index (χ4v) is 3.68. The molecule has 0 aliphatic heterocycles. The van der Waals surface area contributed by atoms with Crippen LogP contribution in [0.5, 0.6) is 0 Å². The lowest BCUT2D eigenvalue weighted by atomic mass is 10.3. The maximum absolute atomic E-state index is 13.6. The second-order valence-electron chi connectivity index (χ2n) is 3.58. The number of hydrogen-bond acceptors (Lipinski definition) is 5. The van der Waals surface area contributed by atoms with Crippen LogP contribution in [-0.4, -0.2) is 39.3 Å². The molecule has 1 aromatic rings. The summed E-state index contributed by atoms with van der Waals surface area (Å²) in [5.41, 5.74) is 0. The van der Waals surface area contributed by atoms with Crippen LogP contribution in [0.1, 0.15) is 0 Å². The van der Waals surface area contributed by atoms with Gasteiger partial charge in [0.25, 0.3) is 0 Å². The number of ether oxygens (including phenoxy) is 1. The van der Waals surface area contributed by atoms with E-state index >= 15 is 0 Å². The van der Waals surface area contributed by atoms with E-state index in [0.717, 1.165) is 13.2 Å². The standard InChI is InChI=1S/C10H10BrF2NO5S/c1-19-10(16)8(4-15)14-20(17,18)9-6(11)2-5(12)3-7(9)13/h2-3,8,14-15H,4H2,1H3. The fourth-order valence-electron chi connectivity index (χ4n) is 1.33. The Bertz CT molecular complexity index is 599. The van der Waals surface area contributed by atoms with E-state index in [2.05, 4.69) is 20.7 Å². The number of aliphatic hydroxyl groups excluding tert-OH is 1. The number of hydrogen-bond donors (Lipinski definition) is 2. The number of esters is 1.